The minimum absolute atomic E-state index is 0.576. The van der Waals surface area contributed by atoms with E-state index in [2.05, 4.69) is 53.1 Å². The first-order valence-corrected chi connectivity index (χ1v) is 13.2. The Balaban J connectivity index is 1.35. The third kappa shape index (κ3) is 3.60. The second-order valence-electron chi connectivity index (χ2n) is 9.72. The zero-order valence-corrected chi connectivity index (χ0v) is 21.4. The number of hydrogen-bond acceptors (Lipinski definition) is 4. The highest BCUT2D eigenvalue weighted by molar-refractivity contribution is 6.10. The molecule has 0 aliphatic rings. The zero-order chi connectivity index (χ0) is 26.5. The van der Waals surface area contributed by atoms with Gasteiger partial charge in [-0.2, -0.15) is 4.98 Å². The average Bonchev–Trinajstić information content (AvgIpc) is 3.60. The van der Waals surface area contributed by atoms with Crippen LogP contribution in [0.15, 0.2) is 138 Å². The lowest BCUT2D eigenvalue weighted by molar-refractivity contribution is 0.653. The summed E-state index contributed by atoms with van der Waals surface area (Å²) in [5.74, 6) is 1.47. The van der Waals surface area contributed by atoms with Crippen molar-refractivity contribution < 1.29 is 4.42 Å². The summed E-state index contributed by atoms with van der Waals surface area (Å²) >= 11 is 0. The van der Waals surface area contributed by atoms with Crippen LogP contribution < -0.4 is 0 Å². The fraction of sp³-hybridized carbons (Fsp3) is 0. The molecule has 188 valence electrons. The van der Waals surface area contributed by atoms with Crippen LogP contribution in [-0.4, -0.2) is 19.5 Å². The van der Waals surface area contributed by atoms with Gasteiger partial charge in [0.05, 0.1) is 22.1 Å². The molecule has 3 heterocycles. The Morgan fingerprint density at radius 1 is 0.550 bits per heavy atom. The molecule has 0 atom stereocenters. The molecule has 0 aliphatic carbocycles. The fourth-order valence-electron chi connectivity index (χ4n) is 5.41. The Labute approximate surface area is 230 Å². The van der Waals surface area contributed by atoms with E-state index in [1.54, 1.807) is 0 Å². The number of para-hydroxylation sites is 4. The summed E-state index contributed by atoms with van der Waals surface area (Å²) in [7, 11) is 0. The molecule has 0 spiro atoms. The van der Waals surface area contributed by atoms with E-state index in [4.69, 9.17) is 19.4 Å². The van der Waals surface area contributed by atoms with Crippen LogP contribution in [0.3, 0.4) is 0 Å². The number of nitrogens with zero attached hydrogens (tertiary/aromatic N) is 4. The van der Waals surface area contributed by atoms with Crippen molar-refractivity contribution in [3.05, 3.63) is 133 Å². The number of furan rings is 1. The summed E-state index contributed by atoms with van der Waals surface area (Å²) in [5.41, 5.74) is 8.17. The highest BCUT2D eigenvalue weighted by atomic mass is 16.3. The van der Waals surface area contributed by atoms with E-state index in [1.165, 1.54) is 0 Å². The van der Waals surface area contributed by atoms with Gasteiger partial charge in [0.1, 0.15) is 11.4 Å². The maximum Gasteiger partial charge on any atom is 0.231 e. The van der Waals surface area contributed by atoms with E-state index in [9.17, 15) is 0 Å². The molecule has 8 aromatic rings. The summed E-state index contributed by atoms with van der Waals surface area (Å²) in [6.45, 7) is 0. The minimum atomic E-state index is 0.576. The van der Waals surface area contributed by atoms with Gasteiger partial charge in [0.15, 0.2) is 5.82 Å². The van der Waals surface area contributed by atoms with E-state index in [0.29, 0.717) is 11.5 Å². The average molecular weight is 515 g/mol. The smallest absolute Gasteiger partial charge is 0.231 e. The molecule has 0 fully saturated rings. The second kappa shape index (κ2) is 9.03. The SMILES string of the molecule is c1ccc(-c2nc(-c3cccc(-c4nc5ccccc5n4-c4ccccc4)c3)nc3oc4ccccc4c23)cc1. The van der Waals surface area contributed by atoms with E-state index < -0.39 is 0 Å². The van der Waals surface area contributed by atoms with E-state index in [-0.39, 0.29) is 0 Å². The van der Waals surface area contributed by atoms with Crippen LogP contribution in [0.5, 0.6) is 0 Å². The van der Waals surface area contributed by atoms with Crippen LogP contribution in [0.4, 0.5) is 0 Å². The summed E-state index contributed by atoms with van der Waals surface area (Å²) in [4.78, 5) is 15.1. The first kappa shape index (κ1) is 22.4. The lowest BCUT2D eigenvalue weighted by Crippen LogP contribution is -1.98. The van der Waals surface area contributed by atoms with Crippen molar-refractivity contribution in [3.63, 3.8) is 0 Å². The number of aromatic nitrogens is 4. The van der Waals surface area contributed by atoms with Crippen molar-refractivity contribution in [1.82, 2.24) is 19.5 Å². The summed E-state index contributed by atoms with van der Waals surface area (Å²) in [6, 6.07) is 45.1. The topological polar surface area (TPSA) is 56.7 Å². The van der Waals surface area contributed by atoms with Gasteiger partial charge in [-0.3, -0.25) is 4.57 Å². The van der Waals surface area contributed by atoms with Crippen LogP contribution >= 0.6 is 0 Å². The van der Waals surface area contributed by atoms with Crippen LogP contribution in [0.2, 0.25) is 0 Å². The van der Waals surface area contributed by atoms with Gasteiger partial charge < -0.3 is 4.42 Å². The molecule has 0 bridgehead atoms. The van der Waals surface area contributed by atoms with Crippen LogP contribution in [0.1, 0.15) is 0 Å². The summed E-state index contributed by atoms with van der Waals surface area (Å²) in [6.07, 6.45) is 0. The van der Waals surface area contributed by atoms with Gasteiger partial charge in [0.2, 0.25) is 5.71 Å². The predicted octanol–water partition coefficient (Wildman–Crippen LogP) is 8.72. The highest BCUT2D eigenvalue weighted by Gasteiger charge is 2.19. The minimum Gasteiger partial charge on any atom is -0.438 e. The Morgan fingerprint density at radius 3 is 2.12 bits per heavy atom. The van der Waals surface area contributed by atoms with Crippen molar-refractivity contribution in [3.8, 4) is 39.7 Å². The zero-order valence-electron chi connectivity index (χ0n) is 21.4. The van der Waals surface area contributed by atoms with Crippen LogP contribution in [-0.2, 0) is 0 Å². The number of benzene rings is 5. The van der Waals surface area contributed by atoms with Gasteiger partial charge in [-0.15, -0.1) is 0 Å². The van der Waals surface area contributed by atoms with Crippen molar-refractivity contribution in [2.75, 3.05) is 0 Å². The summed E-state index contributed by atoms with van der Waals surface area (Å²) in [5, 5.41) is 1.93. The lowest BCUT2D eigenvalue weighted by Gasteiger charge is -2.11. The fourth-order valence-corrected chi connectivity index (χ4v) is 5.41. The first-order chi connectivity index (χ1) is 19.8. The maximum absolute atomic E-state index is 6.24. The third-order valence-corrected chi connectivity index (χ3v) is 7.24. The van der Waals surface area contributed by atoms with E-state index in [1.807, 2.05) is 84.9 Å². The molecule has 0 N–H and O–H groups in total. The van der Waals surface area contributed by atoms with Crippen molar-refractivity contribution in [2.24, 2.45) is 0 Å². The Morgan fingerprint density at radius 2 is 1.25 bits per heavy atom. The molecule has 0 amide bonds. The molecule has 5 aromatic carbocycles. The molecular formula is C35H22N4O. The maximum atomic E-state index is 6.24. The number of fused-ring (bicyclic) bond motifs is 4. The largest absolute Gasteiger partial charge is 0.438 e. The monoisotopic (exact) mass is 514 g/mol. The van der Waals surface area contributed by atoms with Gasteiger partial charge in [-0.05, 0) is 36.4 Å². The van der Waals surface area contributed by atoms with E-state index in [0.717, 1.165) is 61.3 Å². The molecule has 0 saturated heterocycles. The standard InChI is InChI=1S/C35H22N4O/c1-3-12-23(13-4-1)32-31-27-18-7-10-21-30(27)40-35(31)38-33(37-32)24-14-11-15-25(22-24)34-36-28-19-8-9-20-29(28)39(34)26-16-5-2-6-17-26/h1-22H. The molecule has 0 radical (unpaired) electrons. The van der Waals surface area contributed by atoms with Gasteiger partial charge >= 0.3 is 0 Å². The van der Waals surface area contributed by atoms with Crippen LogP contribution in [0.25, 0.3) is 72.8 Å². The first-order valence-electron chi connectivity index (χ1n) is 13.2. The molecule has 0 unspecified atom stereocenters. The van der Waals surface area contributed by atoms with Gasteiger partial charge in [-0.1, -0.05) is 97.1 Å². The number of rotatable bonds is 4. The van der Waals surface area contributed by atoms with Gasteiger partial charge in [0, 0.05) is 27.8 Å². The quantitative estimate of drug-likeness (QED) is 0.236. The molecule has 0 aliphatic heterocycles. The predicted molar refractivity (Wildman–Crippen MR) is 160 cm³/mol. The number of hydrogen-bond donors (Lipinski definition) is 0. The normalized spacial score (nSPS) is 11.5. The molecule has 5 heteroatoms. The summed E-state index contributed by atoms with van der Waals surface area (Å²) < 4.78 is 8.44. The van der Waals surface area contributed by atoms with Crippen molar-refractivity contribution in [2.45, 2.75) is 0 Å². The molecule has 5 nitrogen and oxygen atoms in total. The molecule has 0 saturated carbocycles. The van der Waals surface area contributed by atoms with Gasteiger partial charge in [-0.25, -0.2) is 9.97 Å². The molecule has 8 rings (SSSR count). The number of imidazole rings is 1. The van der Waals surface area contributed by atoms with Crippen molar-refractivity contribution in [1.29, 1.82) is 0 Å². The van der Waals surface area contributed by atoms with E-state index >= 15 is 0 Å². The Kier molecular flexibility index (Phi) is 5.07. The highest BCUT2D eigenvalue weighted by Crippen LogP contribution is 2.37. The lowest BCUT2D eigenvalue weighted by atomic mass is 10.0. The molecule has 3 aromatic heterocycles. The van der Waals surface area contributed by atoms with Gasteiger partial charge in [0.25, 0.3) is 0 Å². The molecular weight excluding hydrogens is 492 g/mol. The van der Waals surface area contributed by atoms with Crippen molar-refractivity contribution >= 4 is 33.1 Å². The molecule has 40 heavy (non-hydrogen) atoms. The second-order valence-corrected chi connectivity index (χ2v) is 9.72. The third-order valence-electron chi connectivity index (χ3n) is 7.24. The Bertz CT molecular complexity index is 2160. The van der Waals surface area contributed by atoms with Crippen LogP contribution in [0, 0.1) is 0 Å². The Hall–Kier alpha value is -5.55.